The van der Waals surface area contributed by atoms with Crippen molar-refractivity contribution in [2.24, 2.45) is 0 Å². The van der Waals surface area contributed by atoms with Crippen LogP contribution in [-0.2, 0) is 9.53 Å². The molecule has 6 heteroatoms. The van der Waals surface area contributed by atoms with Gasteiger partial charge in [0.25, 0.3) is 0 Å². The van der Waals surface area contributed by atoms with Gasteiger partial charge >= 0.3 is 5.97 Å². The normalized spacial score (nSPS) is 13.7. The van der Waals surface area contributed by atoms with Crippen molar-refractivity contribution in [3.8, 4) is 0 Å². The monoisotopic (exact) mass is 221 g/mol. The van der Waals surface area contributed by atoms with Gasteiger partial charge in [0.1, 0.15) is 6.04 Å². The summed E-state index contributed by atoms with van der Waals surface area (Å²) in [7, 11) is 0. The van der Waals surface area contributed by atoms with Crippen LogP contribution in [0.5, 0.6) is 0 Å². The van der Waals surface area contributed by atoms with Gasteiger partial charge in [-0.25, -0.2) is 0 Å². The van der Waals surface area contributed by atoms with Crippen LogP contribution in [0.1, 0.15) is 13.8 Å². The first-order valence-electron chi connectivity index (χ1n) is 4.82. The molecular weight excluding hydrogens is 202 g/mol. The number of esters is 1. The second kappa shape index (κ2) is 6.73. The quantitative estimate of drug-likeness (QED) is 0.380. The fourth-order valence-electron chi connectivity index (χ4n) is 1.07. The minimum Gasteiger partial charge on any atom is -0.465 e. The molecule has 1 unspecified atom stereocenters. The van der Waals surface area contributed by atoms with Crippen molar-refractivity contribution in [3.63, 3.8) is 0 Å². The van der Waals surface area contributed by atoms with Gasteiger partial charge in [-0.3, -0.25) is 10.1 Å². The van der Waals surface area contributed by atoms with Crippen LogP contribution in [0, 0.1) is 0 Å². The van der Waals surface area contributed by atoms with Crippen LogP contribution in [0.4, 0.5) is 0 Å². The van der Waals surface area contributed by atoms with Gasteiger partial charge in [-0.1, -0.05) is 0 Å². The first kappa shape index (κ1) is 14.3. The van der Waals surface area contributed by atoms with Crippen LogP contribution in [0.2, 0.25) is 0 Å². The maximum atomic E-state index is 11.2. The number of rotatable bonds is 7. The third-order valence-electron chi connectivity index (χ3n) is 2.07. The highest BCUT2D eigenvalue weighted by molar-refractivity contribution is 5.75. The summed E-state index contributed by atoms with van der Waals surface area (Å²) in [6.45, 7) is 2.07. The first-order chi connectivity index (χ1) is 7.05. The minimum absolute atomic E-state index is 0.259. The molecule has 0 saturated heterocycles. The number of hydrogen-bond donors (Lipinski definition) is 4. The highest BCUT2D eigenvalue weighted by Gasteiger charge is 2.31. The van der Waals surface area contributed by atoms with Gasteiger partial charge < -0.3 is 20.1 Å². The molecule has 0 aliphatic heterocycles. The molecule has 0 spiro atoms. The highest BCUT2D eigenvalue weighted by atomic mass is 16.5. The smallest absolute Gasteiger partial charge is 0.322 e. The molecule has 0 rings (SSSR count). The molecule has 0 aliphatic carbocycles. The zero-order valence-corrected chi connectivity index (χ0v) is 9.06. The van der Waals surface area contributed by atoms with Crippen LogP contribution < -0.4 is 5.32 Å². The Morgan fingerprint density at radius 2 is 1.80 bits per heavy atom. The van der Waals surface area contributed by atoms with E-state index in [4.69, 9.17) is 20.1 Å². The number of aliphatic hydroxyl groups is 3. The van der Waals surface area contributed by atoms with Crippen LogP contribution in [0.3, 0.4) is 0 Å². The summed E-state index contributed by atoms with van der Waals surface area (Å²) >= 11 is 0. The van der Waals surface area contributed by atoms with Gasteiger partial charge in [-0.05, 0) is 13.8 Å². The number of ether oxygens (including phenoxy) is 1. The summed E-state index contributed by atoms with van der Waals surface area (Å²) in [6.07, 6.45) is 0. The fourth-order valence-corrected chi connectivity index (χ4v) is 1.07. The molecule has 0 heterocycles. The van der Waals surface area contributed by atoms with Gasteiger partial charge in [0.05, 0.1) is 32.0 Å². The summed E-state index contributed by atoms with van der Waals surface area (Å²) in [6, 6.07) is -0.698. The van der Waals surface area contributed by atoms with Crippen molar-refractivity contribution >= 4 is 5.97 Å². The predicted molar refractivity (Wildman–Crippen MR) is 53.2 cm³/mol. The zero-order valence-electron chi connectivity index (χ0n) is 9.06. The van der Waals surface area contributed by atoms with E-state index in [9.17, 15) is 4.79 Å². The molecule has 4 N–H and O–H groups in total. The van der Waals surface area contributed by atoms with Gasteiger partial charge in [-0.15, -0.1) is 0 Å². The van der Waals surface area contributed by atoms with E-state index in [2.05, 4.69) is 5.32 Å². The summed E-state index contributed by atoms with van der Waals surface area (Å²) < 4.78 is 4.74. The van der Waals surface area contributed by atoms with Crippen LogP contribution in [0.15, 0.2) is 0 Å². The molecule has 1 atom stereocenters. The van der Waals surface area contributed by atoms with Crippen molar-refractivity contribution < 1.29 is 24.9 Å². The topological polar surface area (TPSA) is 99.0 Å². The van der Waals surface area contributed by atoms with Gasteiger partial charge in [0, 0.05) is 0 Å². The Morgan fingerprint density at radius 1 is 1.33 bits per heavy atom. The van der Waals surface area contributed by atoms with E-state index in [1.807, 2.05) is 0 Å². The lowest BCUT2D eigenvalue weighted by molar-refractivity contribution is -0.146. The molecule has 0 aromatic rings. The fraction of sp³-hybridized carbons (Fsp3) is 0.889. The molecule has 0 aromatic heterocycles. The van der Waals surface area contributed by atoms with E-state index in [1.54, 1.807) is 6.92 Å². The molecule has 0 aliphatic rings. The molecule has 0 amide bonds. The Balaban J connectivity index is 4.34. The number of aliphatic hydroxyl groups excluding tert-OH is 3. The van der Waals surface area contributed by atoms with E-state index in [1.165, 1.54) is 6.92 Å². The molecule has 0 aromatic carbocycles. The van der Waals surface area contributed by atoms with Crippen LogP contribution in [0.25, 0.3) is 0 Å². The lowest BCUT2D eigenvalue weighted by Gasteiger charge is -2.31. The van der Waals surface area contributed by atoms with Crippen LogP contribution >= 0.6 is 0 Å². The van der Waals surface area contributed by atoms with Crippen molar-refractivity contribution in [2.75, 3.05) is 26.4 Å². The number of hydrogen-bond acceptors (Lipinski definition) is 6. The van der Waals surface area contributed by atoms with Crippen LogP contribution in [-0.4, -0.2) is 59.3 Å². The Kier molecular flexibility index (Phi) is 6.42. The van der Waals surface area contributed by atoms with E-state index >= 15 is 0 Å². The van der Waals surface area contributed by atoms with Crippen molar-refractivity contribution in [2.45, 2.75) is 25.4 Å². The average molecular weight is 221 g/mol. The second-order valence-electron chi connectivity index (χ2n) is 3.37. The van der Waals surface area contributed by atoms with Crippen molar-refractivity contribution in [1.29, 1.82) is 0 Å². The number of carbonyl (C=O) groups excluding carboxylic acids is 1. The Bertz CT molecular complexity index is 185. The minimum atomic E-state index is -1.26. The Labute approximate surface area is 88.9 Å². The lowest BCUT2D eigenvalue weighted by atomic mass is 10.0. The largest absolute Gasteiger partial charge is 0.465 e. The van der Waals surface area contributed by atoms with Gasteiger partial charge in [0.15, 0.2) is 0 Å². The Hall–Kier alpha value is -0.690. The molecule has 0 fully saturated rings. The second-order valence-corrected chi connectivity index (χ2v) is 3.37. The van der Waals surface area contributed by atoms with Gasteiger partial charge in [-0.2, -0.15) is 0 Å². The summed E-state index contributed by atoms with van der Waals surface area (Å²) in [5, 5.41) is 29.6. The lowest BCUT2D eigenvalue weighted by Crippen LogP contribution is -2.59. The van der Waals surface area contributed by atoms with E-state index in [-0.39, 0.29) is 6.61 Å². The Morgan fingerprint density at radius 3 is 2.13 bits per heavy atom. The predicted octanol–water partition coefficient (Wildman–Crippen LogP) is -1.76. The SMILES string of the molecule is CCOC(=O)C(C)NC(CO)(CO)CO. The number of carbonyl (C=O) groups is 1. The third kappa shape index (κ3) is 4.13. The molecule has 90 valence electrons. The highest BCUT2D eigenvalue weighted by Crippen LogP contribution is 2.04. The van der Waals surface area contributed by atoms with E-state index < -0.39 is 37.4 Å². The molecule has 0 radical (unpaired) electrons. The van der Waals surface area contributed by atoms with Gasteiger partial charge in [0.2, 0.25) is 0 Å². The average Bonchev–Trinajstić information content (AvgIpc) is 2.26. The summed E-state index contributed by atoms with van der Waals surface area (Å²) in [4.78, 5) is 11.2. The van der Waals surface area contributed by atoms with Crippen molar-refractivity contribution in [1.82, 2.24) is 5.32 Å². The standard InChI is InChI=1S/C9H19NO5/c1-3-15-8(14)7(2)10-9(4-11,5-12)6-13/h7,10-13H,3-6H2,1-2H3. The van der Waals surface area contributed by atoms with E-state index in [0.717, 1.165) is 0 Å². The zero-order chi connectivity index (χ0) is 11.9. The molecule has 0 saturated carbocycles. The summed E-state index contributed by atoms with van der Waals surface area (Å²) in [5.41, 5.74) is -1.26. The van der Waals surface area contributed by atoms with E-state index in [0.29, 0.717) is 0 Å². The molecule has 6 nitrogen and oxygen atoms in total. The molecule has 0 bridgehead atoms. The first-order valence-corrected chi connectivity index (χ1v) is 4.82. The molecular formula is C9H19NO5. The third-order valence-corrected chi connectivity index (χ3v) is 2.07. The maximum Gasteiger partial charge on any atom is 0.322 e. The maximum absolute atomic E-state index is 11.2. The number of nitrogens with one attached hydrogen (secondary N) is 1. The van der Waals surface area contributed by atoms with Crippen molar-refractivity contribution in [3.05, 3.63) is 0 Å². The molecule has 15 heavy (non-hydrogen) atoms. The summed E-state index contributed by atoms with van der Waals surface area (Å²) in [5.74, 6) is -0.489.